The molecule has 0 spiro atoms. The number of rotatable bonds is 3. The van der Waals surface area contributed by atoms with Gasteiger partial charge in [0, 0.05) is 21.7 Å². The molecule has 0 saturated heterocycles. The Hall–Kier alpha value is -4.09. The lowest BCUT2D eigenvalue weighted by Crippen LogP contribution is -2.48. The Bertz CT molecular complexity index is 2290. The molecule has 7 rings (SSSR count). The summed E-state index contributed by atoms with van der Waals surface area (Å²) in [5.74, 6) is 0. The molecular formula is C31H18B4N2O2S. The van der Waals surface area contributed by atoms with Gasteiger partial charge in [-0.2, -0.15) is 0 Å². The van der Waals surface area contributed by atoms with Crippen molar-refractivity contribution in [3.05, 3.63) is 96.6 Å². The number of benzene rings is 5. The van der Waals surface area contributed by atoms with Crippen LogP contribution in [0.1, 0.15) is 5.56 Å². The minimum Gasteiger partial charge on any atom is -0.309 e. The van der Waals surface area contributed by atoms with Crippen LogP contribution in [-0.4, -0.2) is 48.3 Å². The number of hydrogen-bond donors (Lipinski definition) is 0. The van der Waals surface area contributed by atoms with E-state index in [9.17, 15) is 8.42 Å². The maximum absolute atomic E-state index is 14.1. The van der Waals surface area contributed by atoms with Crippen LogP contribution >= 0.6 is 0 Å². The third-order valence-corrected chi connectivity index (χ3v) is 9.44. The van der Waals surface area contributed by atoms with E-state index in [0.717, 1.165) is 32.9 Å². The predicted molar refractivity (Wildman–Crippen MR) is 169 cm³/mol. The SMILES string of the molecule is [B]c1c([B])c([B])c2c(c1[B])c1ccccc1n2-c1cccc2c1c1ccccc1n2S(=O)(=O)c1ccc(C)cc1. The Balaban J connectivity index is 1.68. The molecular weight excluding hydrogens is 508 g/mol. The predicted octanol–water partition coefficient (Wildman–Crippen LogP) is 2.61. The van der Waals surface area contributed by atoms with Crippen molar-refractivity contribution < 1.29 is 8.42 Å². The highest BCUT2D eigenvalue weighted by Crippen LogP contribution is 2.39. The average Bonchev–Trinajstić information content (AvgIpc) is 3.49. The van der Waals surface area contributed by atoms with Crippen LogP contribution in [0, 0.1) is 6.92 Å². The second-order valence-electron chi connectivity index (χ2n) is 10.0. The van der Waals surface area contributed by atoms with Crippen molar-refractivity contribution in [3.63, 3.8) is 0 Å². The molecule has 182 valence electrons. The molecule has 0 aliphatic carbocycles. The molecule has 0 atom stereocenters. The van der Waals surface area contributed by atoms with Crippen molar-refractivity contribution in [1.82, 2.24) is 8.54 Å². The van der Waals surface area contributed by atoms with E-state index in [1.807, 2.05) is 78.2 Å². The van der Waals surface area contributed by atoms with Gasteiger partial charge in [-0.25, -0.2) is 12.4 Å². The van der Waals surface area contributed by atoms with E-state index in [0.29, 0.717) is 32.9 Å². The Morgan fingerprint density at radius 1 is 0.575 bits per heavy atom. The number of para-hydroxylation sites is 2. The summed E-state index contributed by atoms with van der Waals surface area (Å²) < 4.78 is 31.7. The van der Waals surface area contributed by atoms with Crippen molar-refractivity contribution in [2.45, 2.75) is 11.8 Å². The lowest BCUT2D eigenvalue weighted by Gasteiger charge is -2.17. The molecule has 4 nitrogen and oxygen atoms in total. The van der Waals surface area contributed by atoms with Gasteiger partial charge >= 0.3 is 0 Å². The van der Waals surface area contributed by atoms with Gasteiger partial charge in [-0.3, -0.25) is 0 Å². The number of fused-ring (bicyclic) bond motifs is 6. The van der Waals surface area contributed by atoms with E-state index in [4.69, 9.17) is 31.4 Å². The van der Waals surface area contributed by atoms with E-state index < -0.39 is 10.0 Å². The van der Waals surface area contributed by atoms with Gasteiger partial charge in [0.1, 0.15) is 31.4 Å². The molecule has 5 aromatic carbocycles. The highest BCUT2D eigenvalue weighted by atomic mass is 32.2. The first kappa shape index (κ1) is 24.9. The van der Waals surface area contributed by atoms with Crippen LogP contribution in [0.15, 0.2) is 95.9 Å². The topological polar surface area (TPSA) is 44.0 Å². The molecule has 0 bridgehead atoms. The quantitative estimate of drug-likeness (QED) is 0.333. The third-order valence-electron chi connectivity index (χ3n) is 7.70. The van der Waals surface area contributed by atoms with Gasteiger partial charge in [0.05, 0.1) is 27.1 Å². The van der Waals surface area contributed by atoms with Gasteiger partial charge < -0.3 is 4.57 Å². The maximum atomic E-state index is 14.1. The molecule has 0 fully saturated rings. The number of aromatic nitrogens is 2. The number of hydrogen-bond acceptors (Lipinski definition) is 2. The summed E-state index contributed by atoms with van der Waals surface area (Å²) in [6, 6.07) is 27.8. The Labute approximate surface area is 237 Å². The van der Waals surface area contributed by atoms with E-state index >= 15 is 0 Å². The summed E-state index contributed by atoms with van der Waals surface area (Å²) in [6.07, 6.45) is 0. The molecule has 0 unspecified atom stereocenters. The van der Waals surface area contributed by atoms with Gasteiger partial charge in [0.2, 0.25) is 0 Å². The molecule has 40 heavy (non-hydrogen) atoms. The first-order chi connectivity index (χ1) is 19.2. The van der Waals surface area contributed by atoms with Crippen LogP contribution < -0.4 is 21.9 Å². The van der Waals surface area contributed by atoms with Crippen LogP contribution in [0.4, 0.5) is 0 Å². The van der Waals surface area contributed by atoms with Gasteiger partial charge in [0.15, 0.2) is 0 Å². The second kappa shape index (κ2) is 8.70. The Morgan fingerprint density at radius 3 is 1.85 bits per heavy atom. The van der Waals surface area contributed by atoms with Gasteiger partial charge in [-0.15, -0.1) is 10.9 Å². The summed E-state index contributed by atoms with van der Waals surface area (Å²) in [6.45, 7) is 1.92. The van der Waals surface area contributed by atoms with Crippen LogP contribution in [-0.2, 0) is 10.0 Å². The van der Waals surface area contributed by atoms with E-state index in [1.165, 1.54) is 3.97 Å². The zero-order chi connectivity index (χ0) is 27.9. The number of nitrogens with zero attached hydrogens (tertiary/aromatic N) is 2. The summed E-state index contributed by atoms with van der Waals surface area (Å²) in [4.78, 5) is 0.211. The molecule has 7 aromatic rings. The van der Waals surface area contributed by atoms with Crippen molar-refractivity contribution in [1.29, 1.82) is 0 Å². The first-order valence-electron chi connectivity index (χ1n) is 12.7. The van der Waals surface area contributed by atoms with Crippen LogP contribution in [0.25, 0.3) is 49.3 Å². The zero-order valence-electron chi connectivity index (χ0n) is 21.6. The van der Waals surface area contributed by atoms with E-state index in [2.05, 4.69) is 0 Å². The standard InChI is InChI=1S/C31H18B4N2O2S/c1-17-13-15-18(16-14-17)40(38,39)37-22-10-5-3-8-20(22)25-23(11-6-12-24(25)37)36-21-9-4-2-7-19(21)26-27(32)28(33)29(34)30(35)31(26)36/h2-16H,1H3. The second-order valence-corrected chi connectivity index (χ2v) is 11.8. The maximum Gasteiger partial charge on any atom is 0.268 e. The van der Waals surface area contributed by atoms with Crippen molar-refractivity contribution >= 4 is 107 Å². The molecule has 0 saturated carbocycles. The summed E-state index contributed by atoms with van der Waals surface area (Å²) >= 11 is 0. The largest absolute Gasteiger partial charge is 0.309 e. The highest BCUT2D eigenvalue weighted by Gasteiger charge is 2.26. The minimum absolute atomic E-state index is 0.211. The van der Waals surface area contributed by atoms with E-state index in [1.54, 1.807) is 24.3 Å². The fraction of sp³-hybridized carbons (Fsp3) is 0.0323. The third kappa shape index (κ3) is 3.27. The molecule has 2 heterocycles. The molecule has 0 aliphatic rings. The van der Waals surface area contributed by atoms with Crippen molar-refractivity contribution in [3.8, 4) is 5.69 Å². The molecule has 0 amide bonds. The summed E-state index contributed by atoms with van der Waals surface area (Å²) in [7, 11) is 21.8. The van der Waals surface area contributed by atoms with Gasteiger partial charge in [-0.05, 0) is 48.7 Å². The first-order valence-corrected chi connectivity index (χ1v) is 14.2. The fourth-order valence-electron chi connectivity index (χ4n) is 5.80. The Morgan fingerprint density at radius 2 is 1.15 bits per heavy atom. The van der Waals surface area contributed by atoms with E-state index in [-0.39, 0.29) is 15.8 Å². The molecule has 0 N–H and O–H groups in total. The lowest BCUT2D eigenvalue weighted by molar-refractivity contribution is 0.590. The molecule has 0 aliphatic heterocycles. The zero-order valence-corrected chi connectivity index (χ0v) is 22.4. The van der Waals surface area contributed by atoms with Crippen LogP contribution in [0.5, 0.6) is 0 Å². The van der Waals surface area contributed by atoms with Crippen molar-refractivity contribution in [2.75, 3.05) is 0 Å². The fourth-order valence-corrected chi connectivity index (χ4v) is 7.32. The number of aryl methyl sites for hydroxylation is 1. The lowest BCUT2D eigenvalue weighted by atomic mass is 9.65. The molecule has 2 aromatic heterocycles. The molecule has 9 heteroatoms. The minimum atomic E-state index is -3.94. The van der Waals surface area contributed by atoms with Crippen LogP contribution in [0.3, 0.4) is 0 Å². The summed E-state index contributed by atoms with van der Waals surface area (Å²) in [5, 5.41) is 3.10. The normalized spacial score (nSPS) is 12.2. The molecule has 8 radical (unpaired) electrons. The average molecular weight is 526 g/mol. The Kier molecular flexibility index (Phi) is 5.42. The van der Waals surface area contributed by atoms with Crippen molar-refractivity contribution in [2.24, 2.45) is 0 Å². The van der Waals surface area contributed by atoms with Crippen LogP contribution in [0.2, 0.25) is 0 Å². The highest BCUT2D eigenvalue weighted by molar-refractivity contribution is 7.90. The van der Waals surface area contributed by atoms with Gasteiger partial charge in [-0.1, -0.05) is 71.1 Å². The smallest absolute Gasteiger partial charge is 0.268 e. The van der Waals surface area contributed by atoms with Gasteiger partial charge in [0.25, 0.3) is 10.0 Å². The summed E-state index contributed by atoms with van der Waals surface area (Å²) in [5.41, 5.74) is 5.42. The monoisotopic (exact) mass is 526 g/mol.